The van der Waals surface area contributed by atoms with Gasteiger partial charge < -0.3 is 10.6 Å². The topological polar surface area (TPSA) is 92.3 Å². The van der Waals surface area contributed by atoms with E-state index in [0.29, 0.717) is 9.90 Å². The summed E-state index contributed by atoms with van der Waals surface area (Å²) in [7, 11) is -3.79. The van der Waals surface area contributed by atoms with Crippen molar-refractivity contribution in [2.45, 2.75) is 54.7 Å². The SMILES string of the molecule is O=C(NC[C@@H](c1cccs1)S(=O)(=O)c1ccc(Cl)cc1)C(=O)NC1CCCCCC1. The number of carbonyl (C=O) groups is 2. The quantitative estimate of drug-likeness (QED) is 0.497. The molecule has 1 heterocycles. The maximum absolute atomic E-state index is 13.2. The molecule has 1 aromatic heterocycles. The zero-order chi connectivity index (χ0) is 21.6. The molecular formula is C21H25ClN2O4S2. The standard InChI is InChI=1S/C21H25ClN2O4S2/c22-15-9-11-17(12-10-15)30(27,28)19(18-8-5-13-29-18)14-23-20(25)21(26)24-16-6-3-1-2-4-7-16/h5,8-13,16,19H,1-4,6-7,14H2,(H,23,25)(H,24,26)/t19-/m0/s1. The zero-order valence-electron chi connectivity index (χ0n) is 16.5. The van der Waals surface area contributed by atoms with Gasteiger partial charge in [-0.05, 0) is 48.6 Å². The van der Waals surface area contributed by atoms with E-state index in [1.54, 1.807) is 17.5 Å². The summed E-state index contributed by atoms with van der Waals surface area (Å²) < 4.78 is 26.4. The van der Waals surface area contributed by atoms with Gasteiger partial charge in [-0.15, -0.1) is 11.3 Å². The zero-order valence-corrected chi connectivity index (χ0v) is 18.9. The summed E-state index contributed by atoms with van der Waals surface area (Å²) >= 11 is 7.16. The number of hydrogen-bond donors (Lipinski definition) is 2. The summed E-state index contributed by atoms with van der Waals surface area (Å²) in [6.07, 6.45) is 6.08. The maximum atomic E-state index is 13.2. The fourth-order valence-electron chi connectivity index (χ4n) is 3.57. The van der Waals surface area contributed by atoms with Crippen molar-refractivity contribution in [1.82, 2.24) is 10.6 Å². The molecule has 1 atom stereocenters. The Bertz CT molecular complexity index is 951. The Morgan fingerprint density at radius 3 is 2.30 bits per heavy atom. The second-order valence-electron chi connectivity index (χ2n) is 7.37. The molecule has 9 heteroatoms. The number of sulfone groups is 1. The van der Waals surface area contributed by atoms with Gasteiger partial charge in [-0.3, -0.25) is 9.59 Å². The van der Waals surface area contributed by atoms with Gasteiger partial charge in [0.25, 0.3) is 0 Å². The summed E-state index contributed by atoms with van der Waals surface area (Å²) in [6, 6.07) is 9.37. The number of amides is 2. The number of halogens is 1. The first-order valence-electron chi connectivity index (χ1n) is 9.99. The van der Waals surface area contributed by atoms with Gasteiger partial charge in [-0.1, -0.05) is 43.4 Å². The Morgan fingerprint density at radius 1 is 1.03 bits per heavy atom. The molecule has 1 fully saturated rings. The van der Waals surface area contributed by atoms with E-state index in [1.165, 1.54) is 35.6 Å². The van der Waals surface area contributed by atoms with Crippen molar-refractivity contribution in [3.8, 4) is 0 Å². The van der Waals surface area contributed by atoms with Crippen molar-refractivity contribution in [3.63, 3.8) is 0 Å². The predicted molar refractivity (Wildman–Crippen MR) is 118 cm³/mol. The molecule has 162 valence electrons. The van der Waals surface area contributed by atoms with Gasteiger partial charge in [0.15, 0.2) is 9.84 Å². The van der Waals surface area contributed by atoms with Crippen LogP contribution in [0.5, 0.6) is 0 Å². The molecular weight excluding hydrogens is 444 g/mol. The van der Waals surface area contributed by atoms with Gasteiger partial charge in [0, 0.05) is 22.5 Å². The second-order valence-corrected chi connectivity index (χ2v) is 10.9. The van der Waals surface area contributed by atoms with Gasteiger partial charge in [0.2, 0.25) is 0 Å². The Morgan fingerprint density at radius 2 is 1.70 bits per heavy atom. The van der Waals surface area contributed by atoms with E-state index in [9.17, 15) is 18.0 Å². The minimum Gasteiger partial charge on any atom is -0.346 e. The van der Waals surface area contributed by atoms with Crippen LogP contribution in [0.3, 0.4) is 0 Å². The molecule has 30 heavy (non-hydrogen) atoms. The number of thiophene rings is 1. The lowest BCUT2D eigenvalue weighted by Crippen LogP contribution is -2.45. The molecule has 0 unspecified atom stereocenters. The average Bonchev–Trinajstić information content (AvgIpc) is 3.12. The first-order valence-corrected chi connectivity index (χ1v) is 12.8. The first-order chi connectivity index (χ1) is 14.4. The van der Waals surface area contributed by atoms with E-state index >= 15 is 0 Å². The van der Waals surface area contributed by atoms with Crippen molar-refractivity contribution in [2.24, 2.45) is 0 Å². The Kier molecular flexibility index (Phi) is 7.91. The van der Waals surface area contributed by atoms with Crippen LogP contribution in [0, 0.1) is 0 Å². The third-order valence-electron chi connectivity index (χ3n) is 5.22. The summed E-state index contributed by atoms with van der Waals surface area (Å²) in [5.41, 5.74) is 0. The van der Waals surface area contributed by atoms with Gasteiger partial charge in [0.1, 0.15) is 5.25 Å². The number of benzene rings is 1. The van der Waals surface area contributed by atoms with Crippen LogP contribution in [0.4, 0.5) is 0 Å². The lowest BCUT2D eigenvalue weighted by atomic mass is 10.1. The fourth-order valence-corrected chi connectivity index (χ4v) is 6.48. The predicted octanol–water partition coefficient (Wildman–Crippen LogP) is 3.87. The van der Waals surface area contributed by atoms with E-state index < -0.39 is 26.9 Å². The minimum absolute atomic E-state index is 0.00311. The van der Waals surface area contributed by atoms with Crippen molar-refractivity contribution in [2.75, 3.05) is 6.54 Å². The minimum atomic E-state index is -3.79. The van der Waals surface area contributed by atoms with Crippen LogP contribution in [-0.2, 0) is 19.4 Å². The average molecular weight is 469 g/mol. The van der Waals surface area contributed by atoms with E-state index in [1.807, 2.05) is 0 Å². The molecule has 0 bridgehead atoms. The number of carbonyl (C=O) groups excluding carboxylic acids is 2. The number of hydrogen-bond acceptors (Lipinski definition) is 5. The number of rotatable bonds is 6. The highest BCUT2D eigenvalue weighted by Gasteiger charge is 2.31. The van der Waals surface area contributed by atoms with Crippen LogP contribution in [0.25, 0.3) is 0 Å². The van der Waals surface area contributed by atoms with Crippen LogP contribution in [0.1, 0.15) is 48.7 Å². The summed E-state index contributed by atoms with van der Waals surface area (Å²) in [5.74, 6) is -1.53. The molecule has 2 N–H and O–H groups in total. The molecule has 0 saturated heterocycles. The second kappa shape index (κ2) is 10.4. The van der Waals surface area contributed by atoms with Gasteiger partial charge >= 0.3 is 11.8 Å². The van der Waals surface area contributed by atoms with Gasteiger partial charge in [-0.25, -0.2) is 8.42 Å². The molecule has 2 aromatic rings. The monoisotopic (exact) mass is 468 g/mol. The molecule has 1 saturated carbocycles. The van der Waals surface area contributed by atoms with Gasteiger partial charge in [-0.2, -0.15) is 0 Å². The molecule has 2 amide bonds. The van der Waals surface area contributed by atoms with Crippen molar-refractivity contribution < 1.29 is 18.0 Å². The molecule has 1 aromatic carbocycles. The van der Waals surface area contributed by atoms with E-state index in [0.717, 1.165) is 38.5 Å². The Hall–Kier alpha value is -1.90. The van der Waals surface area contributed by atoms with E-state index in [-0.39, 0.29) is 17.5 Å². The van der Waals surface area contributed by atoms with Crippen LogP contribution in [0.2, 0.25) is 5.02 Å². The smallest absolute Gasteiger partial charge is 0.309 e. The lowest BCUT2D eigenvalue weighted by Gasteiger charge is -2.19. The highest BCUT2D eigenvalue weighted by molar-refractivity contribution is 7.91. The highest BCUT2D eigenvalue weighted by Crippen LogP contribution is 2.32. The first kappa shape index (κ1) is 22.8. The summed E-state index contributed by atoms with van der Waals surface area (Å²) in [5, 5.41) is 6.52. The van der Waals surface area contributed by atoms with Crippen molar-refractivity contribution in [1.29, 1.82) is 0 Å². The Balaban J connectivity index is 1.69. The third-order valence-corrected chi connectivity index (χ3v) is 8.71. The summed E-state index contributed by atoms with van der Waals surface area (Å²) in [6.45, 7) is -0.192. The highest BCUT2D eigenvalue weighted by atomic mass is 35.5. The van der Waals surface area contributed by atoms with E-state index in [2.05, 4.69) is 10.6 Å². The molecule has 0 aliphatic heterocycles. The van der Waals surface area contributed by atoms with Crippen LogP contribution < -0.4 is 10.6 Å². The fraction of sp³-hybridized carbons (Fsp3) is 0.429. The van der Waals surface area contributed by atoms with Crippen LogP contribution in [-0.4, -0.2) is 32.8 Å². The summed E-state index contributed by atoms with van der Waals surface area (Å²) in [4.78, 5) is 25.4. The molecule has 1 aliphatic rings. The van der Waals surface area contributed by atoms with E-state index in [4.69, 9.17) is 11.6 Å². The Labute approximate surface area is 185 Å². The molecule has 3 rings (SSSR count). The van der Waals surface area contributed by atoms with Crippen LogP contribution >= 0.6 is 22.9 Å². The third kappa shape index (κ3) is 5.83. The lowest BCUT2D eigenvalue weighted by molar-refractivity contribution is -0.139. The largest absolute Gasteiger partial charge is 0.346 e. The van der Waals surface area contributed by atoms with Crippen LogP contribution in [0.15, 0.2) is 46.7 Å². The molecule has 1 aliphatic carbocycles. The molecule has 6 nitrogen and oxygen atoms in total. The van der Waals surface area contributed by atoms with Crippen molar-refractivity contribution >= 4 is 44.6 Å². The number of nitrogens with one attached hydrogen (secondary N) is 2. The maximum Gasteiger partial charge on any atom is 0.309 e. The van der Waals surface area contributed by atoms with Gasteiger partial charge in [0.05, 0.1) is 4.90 Å². The molecule has 0 radical (unpaired) electrons. The van der Waals surface area contributed by atoms with Crippen molar-refractivity contribution in [3.05, 3.63) is 51.7 Å². The molecule has 0 spiro atoms. The normalized spacial score (nSPS) is 16.4.